The van der Waals surface area contributed by atoms with E-state index in [0.29, 0.717) is 28.7 Å². The van der Waals surface area contributed by atoms with Gasteiger partial charge in [0, 0.05) is 24.7 Å². The number of hydrogen-bond acceptors (Lipinski definition) is 4. The van der Waals surface area contributed by atoms with Gasteiger partial charge in [0.15, 0.2) is 5.65 Å². The third kappa shape index (κ3) is 3.15. The highest BCUT2D eigenvalue weighted by Crippen LogP contribution is 2.23. The standard InChI is InChI=1S/C23H22N4O2/c28-22(24-11-15-26-12-3-4-13-26)19-8-5-14-27-21(19)25-20-17-7-2-1-6-16(17)9-10-18(20)23(27)29/h1-2,5-10,14H,3-4,11-13,15H2,(H,24,28). The molecule has 1 saturated heterocycles. The number of nitrogens with zero attached hydrogens (tertiary/aromatic N) is 3. The summed E-state index contributed by atoms with van der Waals surface area (Å²) in [4.78, 5) is 33.1. The third-order valence-electron chi connectivity index (χ3n) is 5.69. The number of pyridine rings is 1. The van der Waals surface area contributed by atoms with E-state index in [2.05, 4.69) is 10.2 Å². The molecule has 0 unspecified atom stereocenters. The van der Waals surface area contributed by atoms with Gasteiger partial charge in [0.1, 0.15) is 0 Å². The molecular weight excluding hydrogens is 364 g/mol. The molecule has 5 rings (SSSR count). The smallest absolute Gasteiger partial charge is 0.265 e. The molecule has 146 valence electrons. The summed E-state index contributed by atoms with van der Waals surface area (Å²) >= 11 is 0. The number of fused-ring (bicyclic) bond motifs is 4. The van der Waals surface area contributed by atoms with Gasteiger partial charge in [0.2, 0.25) is 0 Å². The molecule has 0 bridgehead atoms. The number of benzene rings is 2. The summed E-state index contributed by atoms with van der Waals surface area (Å²) in [6.45, 7) is 3.62. The zero-order valence-corrected chi connectivity index (χ0v) is 16.1. The first-order valence-electron chi connectivity index (χ1n) is 10.1. The second-order valence-corrected chi connectivity index (χ2v) is 7.52. The van der Waals surface area contributed by atoms with Crippen LogP contribution in [0.5, 0.6) is 0 Å². The van der Waals surface area contributed by atoms with Crippen molar-refractivity contribution in [2.24, 2.45) is 0 Å². The highest BCUT2D eigenvalue weighted by atomic mass is 16.2. The van der Waals surface area contributed by atoms with Gasteiger partial charge in [-0.05, 0) is 49.5 Å². The van der Waals surface area contributed by atoms with Crippen LogP contribution in [0.25, 0.3) is 27.3 Å². The largest absolute Gasteiger partial charge is 0.351 e. The Labute approximate surface area is 167 Å². The fraction of sp³-hybridized carbons (Fsp3) is 0.261. The molecular formula is C23H22N4O2. The lowest BCUT2D eigenvalue weighted by Crippen LogP contribution is -2.34. The summed E-state index contributed by atoms with van der Waals surface area (Å²) < 4.78 is 1.46. The third-order valence-corrected chi connectivity index (χ3v) is 5.69. The van der Waals surface area contributed by atoms with E-state index in [1.807, 2.05) is 36.4 Å². The number of nitrogens with one attached hydrogen (secondary N) is 1. The predicted molar refractivity (Wildman–Crippen MR) is 114 cm³/mol. The molecule has 6 heteroatoms. The van der Waals surface area contributed by atoms with Gasteiger partial charge in [0.05, 0.1) is 16.5 Å². The van der Waals surface area contributed by atoms with Crippen LogP contribution >= 0.6 is 0 Å². The lowest BCUT2D eigenvalue weighted by Gasteiger charge is -2.15. The van der Waals surface area contributed by atoms with Crippen molar-refractivity contribution in [2.75, 3.05) is 26.2 Å². The molecule has 0 saturated carbocycles. The zero-order chi connectivity index (χ0) is 19.8. The van der Waals surface area contributed by atoms with Gasteiger partial charge in [0.25, 0.3) is 11.5 Å². The van der Waals surface area contributed by atoms with Crippen molar-refractivity contribution in [3.8, 4) is 0 Å². The topological polar surface area (TPSA) is 66.7 Å². The lowest BCUT2D eigenvalue weighted by atomic mass is 10.1. The van der Waals surface area contributed by atoms with E-state index in [0.717, 1.165) is 30.4 Å². The molecule has 6 nitrogen and oxygen atoms in total. The molecule has 1 fully saturated rings. The van der Waals surface area contributed by atoms with Crippen molar-refractivity contribution in [2.45, 2.75) is 12.8 Å². The molecule has 0 radical (unpaired) electrons. The van der Waals surface area contributed by atoms with E-state index >= 15 is 0 Å². The molecule has 0 aliphatic carbocycles. The Morgan fingerprint density at radius 3 is 2.69 bits per heavy atom. The second kappa shape index (κ2) is 7.29. The van der Waals surface area contributed by atoms with Gasteiger partial charge in [-0.25, -0.2) is 4.98 Å². The Hall–Kier alpha value is -3.25. The van der Waals surface area contributed by atoms with Crippen LogP contribution in [-0.4, -0.2) is 46.4 Å². The van der Waals surface area contributed by atoms with Crippen LogP contribution in [-0.2, 0) is 0 Å². The minimum atomic E-state index is -0.200. The molecule has 2 aromatic heterocycles. The van der Waals surface area contributed by atoms with E-state index in [-0.39, 0.29) is 11.5 Å². The van der Waals surface area contributed by atoms with Crippen molar-refractivity contribution in [3.63, 3.8) is 0 Å². The van der Waals surface area contributed by atoms with Gasteiger partial charge in [-0.3, -0.25) is 14.0 Å². The molecule has 0 atom stereocenters. The van der Waals surface area contributed by atoms with Gasteiger partial charge < -0.3 is 10.2 Å². The van der Waals surface area contributed by atoms with Gasteiger partial charge in [-0.1, -0.05) is 30.3 Å². The molecule has 1 aliphatic heterocycles. The highest BCUT2D eigenvalue weighted by Gasteiger charge is 2.16. The molecule has 4 aromatic rings. The van der Waals surface area contributed by atoms with Crippen LogP contribution in [0.1, 0.15) is 23.2 Å². The van der Waals surface area contributed by atoms with Crippen LogP contribution in [0.3, 0.4) is 0 Å². The normalized spacial score (nSPS) is 14.8. The molecule has 1 amide bonds. The van der Waals surface area contributed by atoms with Crippen molar-refractivity contribution < 1.29 is 4.79 Å². The monoisotopic (exact) mass is 386 g/mol. The molecule has 3 heterocycles. The first kappa shape index (κ1) is 17.8. The second-order valence-electron chi connectivity index (χ2n) is 7.52. The number of rotatable bonds is 4. The number of amides is 1. The summed E-state index contributed by atoms with van der Waals surface area (Å²) in [5.41, 5.74) is 1.27. The molecule has 29 heavy (non-hydrogen) atoms. The summed E-state index contributed by atoms with van der Waals surface area (Å²) in [5.74, 6) is -0.200. The summed E-state index contributed by atoms with van der Waals surface area (Å²) in [5, 5.41) is 5.46. The van der Waals surface area contributed by atoms with E-state index in [1.165, 1.54) is 17.2 Å². The Balaban J connectivity index is 1.57. The first-order valence-corrected chi connectivity index (χ1v) is 10.1. The number of likely N-dealkylation sites (tertiary alicyclic amines) is 1. The van der Waals surface area contributed by atoms with Gasteiger partial charge >= 0.3 is 0 Å². The van der Waals surface area contributed by atoms with Crippen LogP contribution in [0, 0.1) is 0 Å². The van der Waals surface area contributed by atoms with Crippen molar-refractivity contribution in [1.29, 1.82) is 0 Å². The first-order chi connectivity index (χ1) is 14.2. The fourth-order valence-corrected chi connectivity index (χ4v) is 4.17. The van der Waals surface area contributed by atoms with E-state index in [1.54, 1.807) is 18.3 Å². The minimum absolute atomic E-state index is 0.164. The molecule has 0 spiro atoms. The molecule has 1 N–H and O–H groups in total. The van der Waals surface area contributed by atoms with Crippen LogP contribution in [0.4, 0.5) is 0 Å². The Morgan fingerprint density at radius 1 is 1.00 bits per heavy atom. The molecule has 2 aromatic carbocycles. The number of aromatic nitrogens is 2. The lowest BCUT2D eigenvalue weighted by molar-refractivity contribution is 0.0951. The fourth-order valence-electron chi connectivity index (χ4n) is 4.17. The maximum Gasteiger partial charge on any atom is 0.265 e. The van der Waals surface area contributed by atoms with E-state index < -0.39 is 0 Å². The van der Waals surface area contributed by atoms with Crippen LogP contribution in [0.15, 0.2) is 59.5 Å². The van der Waals surface area contributed by atoms with E-state index in [4.69, 9.17) is 4.98 Å². The average molecular weight is 386 g/mol. The number of carbonyl (C=O) groups excluding carboxylic acids is 1. The zero-order valence-electron chi connectivity index (χ0n) is 16.1. The Bertz CT molecular complexity index is 1290. The predicted octanol–water partition coefficient (Wildman–Crippen LogP) is 2.83. The minimum Gasteiger partial charge on any atom is -0.351 e. The summed E-state index contributed by atoms with van der Waals surface area (Å²) in [7, 11) is 0. The SMILES string of the molecule is O=C(NCCN1CCCC1)c1cccn2c(=O)c3ccc4ccccc4c3nc12. The van der Waals surface area contributed by atoms with Crippen LogP contribution in [0.2, 0.25) is 0 Å². The van der Waals surface area contributed by atoms with Crippen LogP contribution < -0.4 is 10.9 Å². The van der Waals surface area contributed by atoms with Crippen molar-refractivity contribution in [3.05, 3.63) is 70.6 Å². The summed E-state index contributed by atoms with van der Waals surface area (Å²) in [6.07, 6.45) is 4.12. The highest BCUT2D eigenvalue weighted by molar-refractivity contribution is 6.07. The Kier molecular flexibility index (Phi) is 4.48. The quantitative estimate of drug-likeness (QED) is 0.433. The van der Waals surface area contributed by atoms with Crippen molar-refractivity contribution >= 4 is 33.2 Å². The maximum absolute atomic E-state index is 13.1. The number of hydrogen-bond donors (Lipinski definition) is 1. The van der Waals surface area contributed by atoms with Gasteiger partial charge in [-0.2, -0.15) is 0 Å². The summed E-state index contributed by atoms with van der Waals surface area (Å²) in [6, 6.07) is 15.0. The van der Waals surface area contributed by atoms with E-state index in [9.17, 15) is 9.59 Å². The Morgan fingerprint density at radius 2 is 1.83 bits per heavy atom. The maximum atomic E-state index is 13.1. The molecule has 1 aliphatic rings. The number of carbonyl (C=O) groups is 1. The average Bonchev–Trinajstić information content (AvgIpc) is 3.27. The van der Waals surface area contributed by atoms with Gasteiger partial charge in [-0.15, -0.1) is 0 Å². The van der Waals surface area contributed by atoms with Crippen molar-refractivity contribution in [1.82, 2.24) is 19.6 Å².